The van der Waals surface area contributed by atoms with E-state index in [2.05, 4.69) is 10.6 Å². The van der Waals surface area contributed by atoms with Crippen LogP contribution in [0.1, 0.15) is 38.2 Å². The monoisotopic (exact) mass is 425 g/mol. The molecule has 1 aliphatic rings. The topological polar surface area (TPSA) is 100 Å². The molecule has 1 aliphatic heterocycles. The number of likely N-dealkylation sites (N-methyl/N-ethyl adjacent to an activating group) is 1. The van der Waals surface area contributed by atoms with Crippen molar-refractivity contribution in [3.8, 4) is 0 Å². The Bertz CT molecular complexity index is 820. The Hall–Kier alpha value is -1.97. The average Bonchev–Trinajstić information content (AvgIpc) is 2.68. The first-order chi connectivity index (χ1) is 13.7. The van der Waals surface area contributed by atoms with Crippen LogP contribution in [0.4, 0.5) is 5.69 Å². The lowest BCUT2D eigenvalue weighted by Crippen LogP contribution is -3.11. The number of sulfonamides is 1. The van der Waals surface area contributed by atoms with Crippen molar-refractivity contribution in [2.75, 3.05) is 45.1 Å². The minimum atomic E-state index is -3.57. The number of hydrogen-bond donors (Lipinski definition) is 3. The third-order valence-corrected chi connectivity index (χ3v) is 6.94. The first-order valence-corrected chi connectivity index (χ1v) is 11.7. The van der Waals surface area contributed by atoms with E-state index < -0.39 is 10.0 Å². The summed E-state index contributed by atoms with van der Waals surface area (Å²) in [6, 6.07) is 4.94. The number of carbonyl (C=O) groups excluding carboxylic acids is 2. The summed E-state index contributed by atoms with van der Waals surface area (Å²) in [7, 11) is -1.80. The van der Waals surface area contributed by atoms with Crippen molar-refractivity contribution in [2.45, 2.75) is 44.4 Å². The minimum Gasteiger partial charge on any atom is -0.351 e. The summed E-state index contributed by atoms with van der Waals surface area (Å²) < 4.78 is 27.5. The van der Waals surface area contributed by atoms with Gasteiger partial charge in [-0.1, -0.05) is 19.4 Å². The summed E-state index contributed by atoms with van der Waals surface area (Å²) in [6.45, 7) is 5.74. The van der Waals surface area contributed by atoms with E-state index in [4.69, 9.17) is 0 Å². The van der Waals surface area contributed by atoms with E-state index >= 15 is 0 Å². The van der Waals surface area contributed by atoms with E-state index in [1.165, 1.54) is 10.4 Å². The second-order valence-corrected chi connectivity index (χ2v) is 9.56. The molecule has 1 aromatic rings. The highest BCUT2D eigenvalue weighted by molar-refractivity contribution is 7.89. The Kier molecular flexibility index (Phi) is 8.60. The van der Waals surface area contributed by atoms with Crippen LogP contribution in [0.25, 0.3) is 0 Å². The Morgan fingerprint density at radius 3 is 2.41 bits per heavy atom. The second kappa shape index (κ2) is 10.7. The Labute approximate surface area is 173 Å². The van der Waals surface area contributed by atoms with E-state index in [9.17, 15) is 18.0 Å². The normalized spacial score (nSPS) is 16.2. The van der Waals surface area contributed by atoms with E-state index in [1.54, 1.807) is 26.1 Å². The standard InChI is InChI=1S/C20H32N4O4S/c1-4-10-21-19(25)14-23(3)15-20(26)22-17-9-8-16(2)18(13-17)29(27,28)24-11-6-5-7-12-24/h8-9,13H,4-7,10-12,14-15H2,1-3H3,(H,21,25)(H,22,26)/p+1. The van der Waals surface area contributed by atoms with E-state index in [0.29, 0.717) is 30.9 Å². The molecule has 1 aromatic carbocycles. The third kappa shape index (κ3) is 6.80. The Morgan fingerprint density at radius 1 is 1.10 bits per heavy atom. The number of benzene rings is 1. The smallest absolute Gasteiger partial charge is 0.279 e. The molecule has 1 atom stereocenters. The maximum atomic E-state index is 13.0. The molecule has 0 aromatic heterocycles. The van der Waals surface area contributed by atoms with Crippen LogP contribution in [0, 0.1) is 6.92 Å². The lowest BCUT2D eigenvalue weighted by atomic mass is 10.2. The fourth-order valence-electron chi connectivity index (χ4n) is 3.34. The highest BCUT2D eigenvalue weighted by Crippen LogP contribution is 2.25. The van der Waals surface area contributed by atoms with Gasteiger partial charge in [0, 0.05) is 25.3 Å². The molecule has 0 spiro atoms. The fourth-order valence-corrected chi connectivity index (χ4v) is 5.11. The van der Waals surface area contributed by atoms with E-state index in [-0.39, 0.29) is 29.8 Å². The highest BCUT2D eigenvalue weighted by atomic mass is 32.2. The van der Waals surface area contributed by atoms with Crippen molar-refractivity contribution < 1.29 is 22.9 Å². The summed E-state index contributed by atoms with van der Waals surface area (Å²) >= 11 is 0. The molecule has 162 valence electrons. The summed E-state index contributed by atoms with van der Waals surface area (Å²) in [5.74, 6) is -0.363. The number of carbonyl (C=O) groups is 2. The Balaban J connectivity index is 2.02. The van der Waals surface area contributed by atoms with E-state index in [1.807, 2.05) is 6.92 Å². The minimum absolute atomic E-state index is 0.0950. The molecule has 8 nitrogen and oxygen atoms in total. The summed E-state index contributed by atoms with van der Waals surface area (Å²) in [4.78, 5) is 25.1. The van der Waals surface area contributed by atoms with Crippen LogP contribution in [-0.2, 0) is 19.6 Å². The van der Waals surface area contributed by atoms with Gasteiger partial charge in [-0.05, 0) is 43.9 Å². The molecular formula is C20H33N4O4S+. The zero-order valence-corrected chi connectivity index (χ0v) is 18.4. The number of nitrogens with zero attached hydrogens (tertiary/aromatic N) is 1. The number of rotatable bonds is 9. The van der Waals surface area contributed by atoms with Crippen molar-refractivity contribution in [2.24, 2.45) is 0 Å². The first kappa shape index (κ1) is 23.3. The van der Waals surface area contributed by atoms with Gasteiger partial charge in [-0.25, -0.2) is 8.42 Å². The lowest BCUT2D eigenvalue weighted by molar-refractivity contribution is -0.862. The van der Waals surface area contributed by atoms with Gasteiger partial charge in [0.1, 0.15) is 0 Å². The van der Waals surface area contributed by atoms with Crippen LogP contribution < -0.4 is 15.5 Å². The van der Waals surface area contributed by atoms with Crippen LogP contribution in [-0.4, -0.2) is 64.3 Å². The molecule has 0 aliphatic carbocycles. The zero-order valence-electron chi connectivity index (χ0n) is 17.6. The van der Waals surface area contributed by atoms with Crippen LogP contribution in [0.5, 0.6) is 0 Å². The molecule has 2 rings (SSSR count). The maximum absolute atomic E-state index is 13.0. The number of hydrogen-bond acceptors (Lipinski definition) is 4. The molecule has 1 heterocycles. The SMILES string of the molecule is CCCNC(=O)C[NH+](C)CC(=O)Nc1ccc(C)c(S(=O)(=O)N2CCCCC2)c1. The molecule has 1 unspecified atom stereocenters. The predicted octanol–water partition coefficient (Wildman–Crippen LogP) is 0.149. The Morgan fingerprint density at radius 2 is 1.76 bits per heavy atom. The van der Waals surface area contributed by atoms with Gasteiger partial charge in [0.25, 0.3) is 11.8 Å². The number of piperidine rings is 1. The van der Waals surface area contributed by atoms with Crippen LogP contribution in [0.15, 0.2) is 23.1 Å². The van der Waals surface area contributed by atoms with Crippen LogP contribution >= 0.6 is 0 Å². The van der Waals surface area contributed by atoms with Gasteiger partial charge in [0.05, 0.1) is 11.9 Å². The molecule has 0 bridgehead atoms. The molecule has 1 fully saturated rings. The number of nitrogens with one attached hydrogen (secondary N) is 3. The van der Waals surface area contributed by atoms with E-state index in [0.717, 1.165) is 30.6 Å². The largest absolute Gasteiger partial charge is 0.351 e. The number of anilines is 1. The summed E-state index contributed by atoms with van der Waals surface area (Å²) in [6.07, 6.45) is 3.65. The zero-order chi connectivity index (χ0) is 21.4. The average molecular weight is 426 g/mol. The van der Waals surface area contributed by atoms with Gasteiger partial charge in [0.15, 0.2) is 13.1 Å². The van der Waals surface area contributed by atoms with Gasteiger partial charge in [-0.15, -0.1) is 0 Å². The number of amides is 2. The molecule has 3 N–H and O–H groups in total. The second-order valence-electron chi connectivity index (χ2n) is 7.65. The van der Waals surface area contributed by atoms with Crippen LogP contribution in [0.2, 0.25) is 0 Å². The molecular weight excluding hydrogens is 392 g/mol. The molecule has 0 saturated carbocycles. The number of aryl methyl sites for hydroxylation is 1. The summed E-state index contributed by atoms with van der Waals surface area (Å²) in [5, 5.41) is 5.54. The van der Waals surface area contributed by atoms with Crippen molar-refractivity contribution in [3.05, 3.63) is 23.8 Å². The quantitative estimate of drug-likeness (QED) is 0.524. The number of quaternary nitrogens is 1. The van der Waals surface area contributed by atoms with Gasteiger partial charge in [-0.3, -0.25) is 9.59 Å². The first-order valence-electron chi connectivity index (χ1n) is 10.2. The van der Waals surface area contributed by atoms with Crippen molar-refractivity contribution >= 4 is 27.5 Å². The van der Waals surface area contributed by atoms with Crippen LogP contribution in [0.3, 0.4) is 0 Å². The molecule has 0 radical (unpaired) electrons. The van der Waals surface area contributed by atoms with Crippen molar-refractivity contribution in [1.29, 1.82) is 0 Å². The third-order valence-electron chi connectivity index (χ3n) is 4.90. The predicted molar refractivity (Wildman–Crippen MR) is 112 cm³/mol. The lowest BCUT2D eigenvalue weighted by Gasteiger charge is -2.26. The van der Waals surface area contributed by atoms with Crippen molar-refractivity contribution in [3.63, 3.8) is 0 Å². The highest BCUT2D eigenvalue weighted by Gasteiger charge is 2.27. The summed E-state index contributed by atoms with van der Waals surface area (Å²) in [5.41, 5.74) is 1.10. The van der Waals surface area contributed by atoms with Crippen molar-refractivity contribution in [1.82, 2.24) is 9.62 Å². The molecule has 29 heavy (non-hydrogen) atoms. The van der Waals surface area contributed by atoms with Gasteiger partial charge in [0.2, 0.25) is 10.0 Å². The van der Waals surface area contributed by atoms with Gasteiger partial charge < -0.3 is 15.5 Å². The molecule has 2 amide bonds. The fraction of sp³-hybridized carbons (Fsp3) is 0.600. The van der Waals surface area contributed by atoms with Gasteiger partial charge in [-0.2, -0.15) is 4.31 Å². The molecule has 9 heteroatoms. The molecule has 1 saturated heterocycles. The van der Waals surface area contributed by atoms with Gasteiger partial charge >= 0.3 is 0 Å². The maximum Gasteiger partial charge on any atom is 0.279 e.